The van der Waals surface area contributed by atoms with E-state index in [9.17, 15) is 4.79 Å². The zero-order valence-electron chi connectivity index (χ0n) is 17.5. The van der Waals surface area contributed by atoms with Crippen LogP contribution in [0.4, 0.5) is 0 Å². The van der Waals surface area contributed by atoms with Crippen LogP contribution in [0.3, 0.4) is 0 Å². The first-order valence-electron chi connectivity index (χ1n) is 11.2. The minimum absolute atomic E-state index is 0.119. The molecule has 3 heterocycles. The van der Waals surface area contributed by atoms with E-state index in [1.54, 1.807) is 0 Å². The van der Waals surface area contributed by atoms with Crippen LogP contribution < -0.4 is 0 Å². The lowest BCUT2D eigenvalue weighted by Crippen LogP contribution is -2.67. The van der Waals surface area contributed by atoms with Crippen molar-refractivity contribution in [2.45, 2.75) is 63.6 Å². The van der Waals surface area contributed by atoms with E-state index in [0.717, 1.165) is 45.3 Å². The van der Waals surface area contributed by atoms with Gasteiger partial charge in [0.25, 0.3) is 0 Å². The normalized spacial score (nSPS) is 25.3. The molecular formula is C24H32N4O. The number of aryl methyl sites for hydroxylation is 1. The highest BCUT2D eigenvalue weighted by molar-refractivity contribution is 5.91. The van der Waals surface area contributed by atoms with Gasteiger partial charge in [0.05, 0.1) is 17.7 Å². The van der Waals surface area contributed by atoms with Crippen molar-refractivity contribution in [2.75, 3.05) is 13.1 Å². The molecule has 5 rings (SSSR count). The van der Waals surface area contributed by atoms with Gasteiger partial charge in [0.15, 0.2) is 0 Å². The number of carbonyl (C=O) groups is 1. The van der Waals surface area contributed by atoms with Crippen LogP contribution in [0.15, 0.2) is 42.7 Å². The van der Waals surface area contributed by atoms with Crippen molar-refractivity contribution >= 4 is 5.91 Å². The van der Waals surface area contributed by atoms with Crippen LogP contribution in [0, 0.1) is 5.41 Å². The number of β-lactam (4-membered cyclic amide) rings is 1. The Kier molecular flexibility index (Phi) is 4.94. The van der Waals surface area contributed by atoms with Gasteiger partial charge in [0, 0.05) is 44.5 Å². The molecule has 2 aliphatic heterocycles. The van der Waals surface area contributed by atoms with Crippen molar-refractivity contribution in [3.63, 3.8) is 0 Å². The van der Waals surface area contributed by atoms with Crippen molar-refractivity contribution in [2.24, 2.45) is 12.5 Å². The molecule has 1 spiro atoms. The molecule has 0 radical (unpaired) electrons. The highest BCUT2D eigenvalue weighted by Crippen LogP contribution is 2.59. The Morgan fingerprint density at radius 1 is 1.07 bits per heavy atom. The number of carbonyl (C=O) groups excluding carboxylic acids is 1. The molecule has 1 aromatic heterocycles. The van der Waals surface area contributed by atoms with E-state index in [4.69, 9.17) is 0 Å². The summed E-state index contributed by atoms with van der Waals surface area (Å²) in [5.41, 5.74) is 2.49. The molecule has 2 saturated heterocycles. The molecule has 5 nitrogen and oxygen atoms in total. The summed E-state index contributed by atoms with van der Waals surface area (Å²) in [6.45, 7) is 3.07. The molecule has 1 saturated carbocycles. The summed E-state index contributed by atoms with van der Waals surface area (Å²) >= 11 is 0. The quantitative estimate of drug-likeness (QED) is 0.741. The summed E-state index contributed by atoms with van der Waals surface area (Å²) in [5.74, 6) is 0.441. The van der Waals surface area contributed by atoms with E-state index in [2.05, 4.69) is 51.4 Å². The Labute approximate surface area is 173 Å². The van der Waals surface area contributed by atoms with Crippen LogP contribution in [0.25, 0.3) is 0 Å². The van der Waals surface area contributed by atoms with Crippen LogP contribution in [0.5, 0.6) is 0 Å². The molecule has 3 fully saturated rings. The Morgan fingerprint density at radius 2 is 1.79 bits per heavy atom. The standard InChI is InChI=1S/C24H32N4O/c1-26-17-19(16-25-26)18-27-14-10-21(11-15-27)28-22(20-8-4-2-5-9-20)24(23(28)29)12-6-3-7-13-24/h2,4-5,8-9,16-17,21-22H,3,6-7,10-15,18H2,1H3. The fourth-order valence-corrected chi connectivity index (χ4v) is 6.02. The van der Waals surface area contributed by atoms with Gasteiger partial charge in [-0.25, -0.2) is 0 Å². The predicted molar refractivity (Wildman–Crippen MR) is 113 cm³/mol. The second kappa shape index (κ2) is 7.60. The molecular weight excluding hydrogens is 360 g/mol. The maximum atomic E-state index is 13.5. The van der Waals surface area contributed by atoms with Gasteiger partial charge in [-0.15, -0.1) is 0 Å². The molecule has 1 aromatic carbocycles. The molecule has 3 aliphatic rings. The van der Waals surface area contributed by atoms with E-state index >= 15 is 0 Å². The average Bonchev–Trinajstić information content (AvgIpc) is 3.18. The molecule has 29 heavy (non-hydrogen) atoms. The second-order valence-corrected chi connectivity index (χ2v) is 9.27. The average molecular weight is 393 g/mol. The van der Waals surface area contributed by atoms with Crippen LogP contribution in [-0.4, -0.2) is 44.6 Å². The largest absolute Gasteiger partial charge is 0.331 e. The van der Waals surface area contributed by atoms with Crippen molar-refractivity contribution in [3.8, 4) is 0 Å². The fraction of sp³-hybridized carbons (Fsp3) is 0.583. The number of likely N-dealkylation sites (tertiary alicyclic amines) is 2. The predicted octanol–water partition coefficient (Wildman–Crippen LogP) is 3.92. The number of nitrogens with zero attached hydrogens (tertiary/aromatic N) is 4. The van der Waals surface area contributed by atoms with E-state index < -0.39 is 0 Å². The van der Waals surface area contributed by atoms with Gasteiger partial charge in [-0.05, 0) is 31.2 Å². The SMILES string of the molecule is Cn1cc(CN2CCC(N3C(=O)C4(CCCCC4)C3c3ccccc3)CC2)cn1. The maximum absolute atomic E-state index is 13.5. The summed E-state index contributed by atoms with van der Waals surface area (Å²) in [6.07, 6.45) is 12.0. The molecule has 2 aromatic rings. The smallest absolute Gasteiger partial charge is 0.232 e. The summed E-state index contributed by atoms with van der Waals surface area (Å²) in [4.78, 5) is 18.3. The Hall–Kier alpha value is -2.14. The van der Waals surface area contributed by atoms with Crippen molar-refractivity contribution < 1.29 is 4.79 Å². The molecule has 0 N–H and O–H groups in total. The van der Waals surface area contributed by atoms with Crippen LogP contribution >= 0.6 is 0 Å². The van der Waals surface area contributed by atoms with Crippen LogP contribution in [0.1, 0.15) is 62.1 Å². The third-order valence-corrected chi connectivity index (χ3v) is 7.44. The van der Waals surface area contributed by atoms with Gasteiger partial charge >= 0.3 is 0 Å². The summed E-state index contributed by atoms with van der Waals surface area (Å²) in [5, 5.41) is 4.29. The van der Waals surface area contributed by atoms with Crippen molar-refractivity contribution in [1.82, 2.24) is 19.6 Å². The summed E-state index contributed by atoms with van der Waals surface area (Å²) < 4.78 is 1.87. The summed E-state index contributed by atoms with van der Waals surface area (Å²) in [6, 6.07) is 11.5. The number of rotatable bonds is 4. The molecule has 1 atom stereocenters. The second-order valence-electron chi connectivity index (χ2n) is 9.27. The summed E-state index contributed by atoms with van der Waals surface area (Å²) in [7, 11) is 1.97. The van der Waals surface area contributed by atoms with Gasteiger partial charge in [-0.3, -0.25) is 14.4 Å². The van der Waals surface area contributed by atoms with Gasteiger partial charge in [0.1, 0.15) is 0 Å². The van der Waals surface area contributed by atoms with Gasteiger partial charge in [0.2, 0.25) is 5.91 Å². The number of hydrogen-bond acceptors (Lipinski definition) is 3. The first-order chi connectivity index (χ1) is 14.2. The van der Waals surface area contributed by atoms with E-state index in [-0.39, 0.29) is 11.5 Å². The molecule has 1 unspecified atom stereocenters. The molecule has 1 amide bonds. The monoisotopic (exact) mass is 392 g/mol. The lowest BCUT2D eigenvalue weighted by molar-refractivity contribution is -0.186. The highest BCUT2D eigenvalue weighted by Gasteiger charge is 2.62. The van der Waals surface area contributed by atoms with E-state index in [0.29, 0.717) is 11.9 Å². The van der Waals surface area contributed by atoms with Crippen molar-refractivity contribution in [1.29, 1.82) is 0 Å². The topological polar surface area (TPSA) is 41.4 Å². The van der Waals surface area contributed by atoms with E-state index in [1.165, 1.54) is 30.4 Å². The highest BCUT2D eigenvalue weighted by atomic mass is 16.2. The molecule has 1 aliphatic carbocycles. The molecule has 154 valence electrons. The van der Waals surface area contributed by atoms with Gasteiger partial charge < -0.3 is 4.90 Å². The first-order valence-corrected chi connectivity index (χ1v) is 11.2. The zero-order chi connectivity index (χ0) is 19.8. The minimum atomic E-state index is -0.119. The number of benzene rings is 1. The Morgan fingerprint density at radius 3 is 2.45 bits per heavy atom. The third-order valence-electron chi connectivity index (χ3n) is 7.44. The minimum Gasteiger partial charge on any atom is -0.331 e. The maximum Gasteiger partial charge on any atom is 0.232 e. The lowest BCUT2D eigenvalue weighted by Gasteiger charge is -2.61. The van der Waals surface area contributed by atoms with Crippen LogP contribution in [-0.2, 0) is 18.4 Å². The lowest BCUT2D eigenvalue weighted by atomic mass is 9.59. The molecule has 0 bridgehead atoms. The fourth-order valence-electron chi connectivity index (χ4n) is 6.02. The van der Waals surface area contributed by atoms with E-state index in [1.807, 2.05) is 17.9 Å². The van der Waals surface area contributed by atoms with Crippen molar-refractivity contribution in [3.05, 3.63) is 53.9 Å². The zero-order valence-corrected chi connectivity index (χ0v) is 17.5. The molecule has 5 heteroatoms. The first kappa shape index (κ1) is 18.9. The Bertz CT molecular complexity index is 847. The van der Waals surface area contributed by atoms with Gasteiger partial charge in [-0.2, -0.15) is 5.10 Å². The Balaban J connectivity index is 1.30. The van der Waals surface area contributed by atoms with Gasteiger partial charge in [-0.1, -0.05) is 49.6 Å². The third kappa shape index (κ3) is 3.29. The number of aromatic nitrogens is 2. The number of piperidine rings is 1. The number of hydrogen-bond donors (Lipinski definition) is 0. The number of amides is 1. The van der Waals surface area contributed by atoms with Crippen LogP contribution in [0.2, 0.25) is 0 Å².